The van der Waals surface area contributed by atoms with E-state index in [9.17, 15) is 0 Å². The van der Waals surface area contributed by atoms with Crippen molar-refractivity contribution in [1.82, 2.24) is 10.2 Å². The molecule has 21 heavy (non-hydrogen) atoms. The zero-order chi connectivity index (χ0) is 14.7. The van der Waals surface area contributed by atoms with Gasteiger partial charge in [-0.3, -0.25) is 4.90 Å². The number of nitrogens with one attached hydrogen (secondary N) is 1. The molecule has 0 saturated carbocycles. The van der Waals surface area contributed by atoms with E-state index in [-0.39, 0.29) is 5.54 Å². The topological polar surface area (TPSA) is 15.3 Å². The maximum Gasteiger partial charge on any atom is 0.0476 e. The number of hydrogen-bond acceptors (Lipinski definition) is 3. The summed E-state index contributed by atoms with van der Waals surface area (Å²) in [6, 6.07) is 12.4. The lowest BCUT2D eigenvalue weighted by atomic mass is 9.89. The first kappa shape index (κ1) is 15.4. The SMILES string of the molecule is CCC1(C)CN(C2CCCSC2)C(c2ccccc2)CN1. The first-order valence-electron chi connectivity index (χ1n) is 8.35. The number of piperazine rings is 1. The van der Waals surface area contributed by atoms with Crippen LogP contribution < -0.4 is 5.32 Å². The Morgan fingerprint density at radius 2 is 2.14 bits per heavy atom. The smallest absolute Gasteiger partial charge is 0.0476 e. The molecule has 2 aliphatic rings. The quantitative estimate of drug-likeness (QED) is 0.916. The van der Waals surface area contributed by atoms with E-state index in [2.05, 4.69) is 66.2 Å². The molecule has 2 fully saturated rings. The average Bonchev–Trinajstić information content (AvgIpc) is 2.56. The monoisotopic (exact) mass is 304 g/mol. The van der Waals surface area contributed by atoms with Crippen molar-refractivity contribution in [1.29, 1.82) is 0 Å². The summed E-state index contributed by atoms with van der Waals surface area (Å²) in [6.45, 7) is 6.95. The summed E-state index contributed by atoms with van der Waals surface area (Å²) in [4.78, 5) is 2.81. The Bertz CT molecular complexity index is 444. The number of hydrogen-bond donors (Lipinski definition) is 1. The molecular formula is C18H28N2S. The third-order valence-corrected chi connectivity index (χ3v) is 6.42. The van der Waals surface area contributed by atoms with Crippen LogP contribution in [0, 0.1) is 0 Å². The standard InChI is InChI=1S/C18H28N2S/c1-3-18(2)14-20(16-10-7-11-21-13-16)17(12-19-18)15-8-5-4-6-9-15/h4-6,8-9,16-17,19H,3,7,10-14H2,1-2H3. The molecule has 0 aliphatic carbocycles. The van der Waals surface area contributed by atoms with Crippen molar-refractivity contribution in [2.45, 2.75) is 50.7 Å². The number of thioether (sulfide) groups is 1. The molecule has 3 heteroatoms. The van der Waals surface area contributed by atoms with E-state index in [1.54, 1.807) is 0 Å². The highest BCUT2D eigenvalue weighted by Gasteiger charge is 2.38. The second-order valence-electron chi connectivity index (χ2n) is 6.76. The van der Waals surface area contributed by atoms with Crippen molar-refractivity contribution < 1.29 is 0 Å². The lowest BCUT2D eigenvalue weighted by Crippen LogP contribution is -2.62. The van der Waals surface area contributed by atoms with Crippen molar-refractivity contribution in [3.05, 3.63) is 35.9 Å². The molecule has 1 aromatic carbocycles. The van der Waals surface area contributed by atoms with Crippen LogP contribution in [-0.2, 0) is 0 Å². The third-order valence-electron chi connectivity index (χ3n) is 5.22. The van der Waals surface area contributed by atoms with Crippen LogP contribution in [0.3, 0.4) is 0 Å². The molecule has 116 valence electrons. The Kier molecular flexibility index (Phi) is 4.92. The lowest BCUT2D eigenvalue weighted by molar-refractivity contribution is 0.0485. The van der Waals surface area contributed by atoms with Crippen molar-refractivity contribution in [2.24, 2.45) is 0 Å². The van der Waals surface area contributed by atoms with E-state index in [1.165, 1.54) is 42.9 Å². The molecule has 0 aromatic heterocycles. The van der Waals surface area contributed by atoms with Gasteiger partial charge in [-0.1, -0.05) is 37.3 Å². The number of benzene rings is 1. The largest absolute Gasteiger partial charge is 0.308 e. The van der Waals surface area contributed by atoms with E-state index in [4.69, 9.17) is 0 Å². The fourth-order valence-electron chi connectivity index (χ4n) is 3.62. The van der Waals surface area contributed by atoms with Crippen LogP contribution in [0.25, 0.3) is 0 Å². The minimum Gasteiger partial charge on any atom is -0.308 e. The number of rotatable bonds is 3. The van der Waals surface area contributed by atoms with Gasteiger partial charge >= 0.3 is 0 Å². The van der Waals surface area contributed by atoms with E-state index in [0.717, 1.165) is 12.6 Å². The van der Waals surface area contributed by atoms with Crippen molar-refractivity contribution in [2.75, 3.05) is 24.6 Å². The van der Waals surface area contributed by atoms with Gasteiger partial charge in [0.25, 0.3) is 0 Å². The Labute approximate surface area is 133 Å². The van der Waals surface area contributed by atoms with E-state index in [1.807, 2.05) is 0 Å². The molecule has 0 spiro atoms. The number of nitrogens with zero attached hydrogens (tertiary/aromatic N) is 1. The summed E-state index contributed by atoms with van der Waals surface area (Å²) < 4.78 is 0. The normalized spacial score (nSPS) is 34.8. The molecular weight excluding hydrogens is 276 g/mol. The van der Waals surface area contributed by atoms with Gasteiger partial charge in [0.15, 0.2) is 0 Å². The molecule has 3 rings (SSSR count). The second kappa shape index (κ2) is 6.72. The molecule has 3 atom stereocenters. The average molecular weight is 305 g/mol. The van der Waals surface area contributed by atoms with Crippen LogP contribution in [-0.4, -0.2) is 41.1 Å². The first-order valence-corrected chi connectivity index (χ1v) is 9.51. The van der Waals surface area contributed by atoms with Crippen LogP contribution in [0.1, 0.15) is 44.7 Å². The molecule has 3 unspecified atom stereocenters. The van der Waals surface area contributed by atoms with E-state index in [0.29, 0.717) is 6.04 Å². The fourth-order valence-corrected chi connectivity index (χ4v) is 4.79. The highest BCUT2D eigenvalue weighted by Crippen LogP contribution is 2.34. The van der Waals surface area contributed by atoms with Gasteiger partial charge < -0.3 is 5.32 Å². The fraction of sp³-hybridized carbons (Fsp3) is 0.667. The summed E-state index contributed by atoms with van der Waals surface area (Å²) in [6.07, 6.45) is 3.95. The summed E-state index contributed by atoms with van der Waals surface area (Å²) in [5.41, 5.74) is 1.74. The molecule has 0 amide bonds. The summed E-state index contributed by atoms with van der Waals surface area (Å²) in [5, 5.41) is 3.81. The highest BCUT2D eigenvalue weighted by molar-refractivity contribution is 7.99. The van der Waals surface area contributed by atoms with Gasteiger partial charge in [-0.25, -0.2) is 0 Å². The van der Waals surface area contributed by atoms with Crippen molar-refractivity contribution >= 4 is 11.8 Å². The summed E-state index contributed by atoms with van der Waals surface area (Å²) in [7, 11) is 0. The van der Waals surface area contributed by atoms with E-state index >= 15 is 0 Å². The zero-order valence-electron chi connectivity index (χ0n) is 13.3. The molecule has 2 aliphatic heterocycles. The van der Waals surface area contributed by atoms with Gasteiger partial charge in [0.2, 0.25) is 0 Å². The minimum atomic E-state index is 0.271. The molecule has 1 aromatic rings. The van der Waals surface area contributed by atoms with Crippen LogP contribution in [0.15, 0.2) is 30.3 Å². The molecule has 1 N–H and O–H groups in total. The summed E-state index contributed by atoms with van der Waals surface area (Å²) >= 11 is 2.14. The van der Waals surface area contributed by atoms with Crippen LogP contribution in [0.5, 0.6) is 0 Å². The van der Waals surface area contributed by atoms with Crippen LogP contribution in [0.2, 0.25) is 0 Å². The van der Waals surface area contributed by atoms with Gasteiger partial charge in [0.05, 0.1) is 0 Å². The zero-order valence-corrected chi connectivity index (χ0v) is 14.2. The van der Waals surface area contributed by atoms with Gasteiger partial charge in [-0.15, -0.1) is 0 Å². The van der Waals surface area contributed by atoms with Gasteiger partial charge in [-0.2, -0.15) is 11.8 Å². The Morgan fingerprint density at radius 1 is 1.33 bits per heavy atom. The lowest BCUT2D eigenvalue weighted by Gasteiger charge is -2.50. The molecule has 2 nitrogen and oxygen atoms in total. The Balaban J connectivity index is 1.83. The van der Waals surface area contributed by atoms with Crippen LogP contribution in [0.4, 0.5) is 0 Å². The second-order valence-corrected chi connectivity index (χ2v) is 7.91. The van der Waals surface area contributed by atoms with Crippen LogP contribution >= 0.6 is 11.8 Å². The molecule has 2 heterocycles. The summed E-state index contributed by atoms with van der Waals surface area (Å²) in [5.74, 6) is 2.66. The van der Waals surface area contributed by atoms with Gasteiger partial charge in [-0.05, 0) is 37.5 Å². The third kappa shape index (κ3) is 3.46. The maximum absolute atomic E-state index is 3.81. The predicted octanol–water partition coefficient (Wildman–Crippen LogP) is 3.70. The molecule has 2 saturated heterocycles. The highest BCUT2D eigenvalue weighted by atomic mass is 32.2. The van der Waals surface area contributed by atoms with Crippen molar-refractivity contribution in [3.63, 3.8) is 0 Å². The Hall–Kier alpha value is -0.510. The molecule has 0 radical (unpaired) electrons. The first-order chi connectivity index (χ1) is 10.2. The van der Waals surface area contributed by atoms with Crippen molar-refractivity contribution in [3.8, 4) is 0 Å². The maximum atomic E-state index is 3.81. The Morgan fingerprint density at radius 3 is 2.81 bits per heavy atom. The van der Waals surface area contributed by atoms with Gasteiger partial charge in [0.1, 0.15) is 0 Å². The molecule has 0 bridgehead atoms. The predicted molar refractivity (Wildman–Crippen MR) is 92.9 cm³/mol. The van der Waals surface area contributed by atoms with E-state index < -0.39 is 0 Å². The van der Waals surface area contributed by atoms with Gasteiger partial charge in [0, 0.05) is 36.5 Å². The minimum absolute atomic E-state index is 0.271.